The van der Waals surface area contributed by atoms with E-state index < -0.39 is 23.3 Å². The first-order valence-corrected chi connectivity index (χ1v) is 8.21. The van der Waals surface area contributed by atoms with Gasteiger partial charge in [-0.3, -0.25) is 0 Å². The van der Waals surface area contributed by atoms with Gasteiger partial charge in [-0.1, -0.05) is 41.9 Å². The smallest absolute Gasteiger partial charge is 0.342 e. The minimum Gasteiger partial charge on any atom is -0.477 e. The lowest BCUT2D eigenvalue weighted by Crippen LogP contribution is -2.08. The fourth-order valence-electron chi connectivity index (χ4n) is 2.72. The molecule has 0 aliphatic rings. The van der Waals surface area contributed by atoms with E-state index in [1.165, 1.54) is 19.2 Å². The van der Waals surface area contributed by atoms with Gasteiger partial charge in [-0.15, -0.1) is 0 Å². The van der Waals surface area contributed by atoms with Crippen LogP contribution in [0.5, 0.6) is 0 Å². The van der Waals surface area contributed by atoms with Crippen LogP contribution in [0.25, 0.3) is 11.1 Å². The monoisotopic (exact) mass is 389 g/mol. The molecule has 0 atom stereocenters. The predicted octanol–water partition coefficient (Wildman–Crippen LogP) is 5.16. The zero-order valence-electron chi connectivity index (χ0n) is 14.1. The third kappa shape index (κ3) is 3.54. The van der Waals surface area contributed by atoms with Crippen molar-refractivity contribution in [2.24, 2.45) is 0 Å². The minimum absolute atomic E-state index is 0.0696. The van der Waals surface area contributed by atoms with Crippen LogP contribution in [0.1, 0.15) is 10.4 Å². The molecule has 1 heterocycles. The van der Waals surface area contributed by atoms with E-state index in [0.717, 1.165) is 6.20 Å². The number of carboxylic acid groups (broad SMARTS) is 1. The van der Waals surface area contributed by atoms with Crippen LogP contribution < -0.4 is 10.6 Å². The molecule has 8 heteroatoms. The van der Waals surface area contributed by atoms with Crippen LogP contribution in [0, 0.1) is 11.8 Å². The normalized spacial score (nSPS) is 10.5. The van der Waals surface area contributed by atoms with Gasteiger partial charge in [0.25, 0.3) is 0 Å². The Bertz CT molecular complexity index is 1010. The number of carboxylic acids is 1. The molecule has 5 nitrogen and oxygen atoms in total. The number of anilines is 3. The second-order valence-corrected chi connectivity index (χ2v) is 5.92. The molecule has 138 valence electrons. The van der Waals surface area contributed by atoms with Crippen LogP contribution in [-0.2, 0) is 0 Å². The Hall–Kier alpha value is -3.19. The van der Waals surface area contributed by atoms with Crippen molar-refractivity contribution in [3.05, 3.63) is 71.0 Å². The topological polar surface area (TPSA) is 74.2 Å². The molecule has 3 N–H and O–H groups in total. The van der Waals surface area contributed by atoms with Crippen LogP contribution in [0.4, 0.5) is 25.8 Å². The van der Waals surface area contributed by atoms with Gasteiger partial charge in [0.1, 0.15) is 11.4 Å². The molecular weight excluding hydrogens is 376 g/mol. The molecule has 2 aromatic carbocycles. The van der Waals surface area contributed by atoms with Crippen molar-refractivity contribution in [2.45, 2.75) is 0 Å². The molecule has 0 spiro atoms. The van der Waals surface area contributed by atoms with Crippen molar-refractivity contribution < 1.29 is 18.7 Å². The van der Waals surface area contributed by atoms with Crippen LogP contribution >= 0.6 is 11.6 Å². The molecule has 0 amide bonds. The Morgan fingerprint density at radius 1 is 1.15 bits per heavy atom. The van der Waals surface area contributed by atoms with Crippen LogP contribution in [0.15, 0.2) is 48.7 Å². The molecular formula is C19H14ClF2N3O2. The van der Waals surface area contributed by atoms with Gasteiger partial charge < -0.3 is 15.7 Å². The lowest BCUT2D eigenvalue weighted by atomic mass is 10.0. The van der Waals surface area contributed by atoms with E-state index in [9.17, 15) is 18.7 Å². The van der Waals surface area contributed by atoms with Crippen LogP contribution in [0.3, 0.4) is 0 Å². The molecule has 0 bridgehead atoms. The van der Waals surface area contributed by atoms with Gasteiger partial charge in [0.05, 0.1) is 22.1 Å². The maximum absolute atomic E-state index is 14.5. The number of aromatic nitrogens is 1. The molecule has 3 aromatic rings. The van der Waals surface area contributed by atoms with E-state index >= 15 is 0 Å². The molecule has 1 aromatic heterocycles. The van der Waals surface area contributed by atoms with Gasteiger partial charge in [0.15, 0.2) is 0 Å². The van der Waals surface area contributed by atoms with E-state index in [-0.39, 0.29) is 22.1 Å². The molecule has 0 aliphatic heterocycles. The maximum atomic E-state index is 14.5. The van der Waals surface area contributed by atoms with Gasteiger partial charge in [-0.2, -0.15) is 4.39 Å². The largest absolute Gasteiger partial charge is 0.477 e. The minimum atomic E-state index is -1.50. The van der Waals surface area contributed by atoms with Crippen LogP contribution in [0.2, 0.25) is 5.02 Å². The zero-order valence-corrected chi connectivity index (χ0v) is 14.8. The van der Waals surface area contributed by atoms with Gasteiger partial charge in [-0.05, 0) is 11.6 Å². The number of pyridine rings is 1. The molecule has 3 rings (SSSR count). The number of aromatic carboxylic acids is 1. The molecule has 0 aliphatic carbocycles. The second kappa shape index (κ2) is 7.59. The standard InChI is InChI=1S/C19H14ClF2N3O2/c1-23-17-11(21)9-13(14(16(17)20)10-5-3-2-4-6-10)25-12-7-8-24-18(22)15(12)19(26)27/h2-9,23H,1H3,(H,24,25)(H,26,27). The summed E-state index contributed by atoms with van der Waals surface area (Å²) in [7, 11) is 1.53. The molecule has 0 saturated carbocycles. The van der Waals surface area contributed by atoms with E-state index in [0.29, 0.717) is 11.1 Å². The molecule has 0 radical (unpaired) electrons. The lowest BCUT2D eigenvalue weighted by Gasteiger charge is -2.18. The number of hydrogen-bond acceptors (Lipinski definition) is 4. The molecule has 0 saturated heterocycles. The fraction of sp³-hybridized carbons (Fsp3) is 0.0526. The summed E-state index contributed by atoms with van der Waals surface area (Å²) in [5, 5.41) is 14.9. The highest BCUT2D eigenvalue weighted by atomic mass is 35.5. The number of rotatable bonds is 5. The summed E-state index contributed by atoms with van der Waals surface area (Å²) in [6, 6.07) is 11.4. The average Bonchev–Trinajstić information content (AvgIpc) is 2.62. The van der Waals surface area contributed by atoms with E-state index in [4.69, 9.17) is 11.6 Å². The van der Waals surface area contributed by atoms with Crippen molar-refractivity contribution in [1.29, 1.82) is 0 Å². The van der Waals surface area contributed by atoms with Crippen LogP contribution in [-0.4, -0.2) is 23.1 Å². The highest BCUT2D eigenvalue weighted by molar-refractivity contribution is 6.37. The average molecular weight is 390 g/mol. The Balaban J connectivity index is 2.23. The lowest BCUT2D eigenvalue weighted by molar-refractivity contribution is 0.0692. The molecule has 0 unspecified atom stereocenters. The first-order chi connectivity index (χ1) is 12.9. The number of nitrogens with zero attached hydrogens (tertiary/aromatic N) is 1. The van der Waals surface area contributed by atoms with Crippen molar-refractivity contribution in [1.82, 2.24) is 4.98 Å². The van der Waals surface area contributed by atoms with Crippen molar-refractivity contribution in [3.63, 3.8) is 0 Å². The number of hydrogen-bond donors (Lipinski definition) is 3. The van der Waals surface area contributed by atoms with Crippen molar-refractivity contribution in [3.8, 4) is 11.1 Å². The Morgan fingerprint density at radius 3 is 2.48 bits per heavy atom. The van der Waals surface area contributed by atoms with E-state index in [1.54, 1.807) is 24.3 Å². The van der Waals surface area contributed by atoms with E-state index in [1.807, 2.05) is 6.07 Å². The second-order valence-electron chi connectivity index (χ2n) is 5.54. The molecule has 27 heavy (non-hydrogen) atoms. The third-order valence-corrected chi connectivity index (χ3v) is 4.30. The first kappa shape index (κ1) is 18.6. The van der Waals surface area contributed by atoms with Gasteiger partial charge >= 0.3 is 5.97 Å². The Kier molecular flexibility index (Phi) is 5.23. The summed E-state index contributed by atoms with van der Waals surface area (Å²) in [5.41, 5.74) is 0.686. The summed E-state index contributed by atoms with van der Waals surface area (Å²) in [6.07, 6.45) is 1.12. The van der Waals surface area contributed by atoms with Gasteiger partial charge in [0, 0.05) is 24.9 Å². The Labute approximate surface area is 158 Å². The van der Waals surface area contributed by atoms with E-state index in [2.05, 4.69) is 15.6 Å². The SMILES string of the molecule is CNc1c(F)cc(Nc2ccnc(F)c2C(=O)O)c(-c2ccccc2)c1Cl. The van der Waals surface area contributed by atoms with Crippen molar-refractivity contribution in [2.75, 3.05) is 17.7 Å². The zero-order chi connectivity index (χ0) is 19.6. The summed E-state index contributed by atoms with van der Waals surface area (Å²) < 4.78 is 28.3. The number of carbonyl (C=O) groups is 1. The van der Waals surface area contributed by atoms with Gasteiger partial charge in [-0.25, -0.2) is 14.2 Å². The van der Waals surface area contributed by atoms with Crippen molar-refractivity contribution >= 4 is 34.6 Å². The quantitative estimate of drug-likeness (QED) is 0.525. The molecule has 0 fully saturated rings. The number of benzene rings is 2. The highest BCUT2D eigenvalue weighted by Gasteiger charge is 2.21. The number of halogens is 3. The van der Waals surface area contributed by atoms with Gasteiger partial charge in [0.2, 0.25) is 5.95 Å². The summed E-state index contributed by atoms with van der Waals surface area (Å²) >= 11 is 6.41. The summed E-state index contributed by atoms with van der Waals surface area (Å²) in [6.45, 7) is 0. The maximum Gasteiger partial charge on any atom is 0.342 e. The third-order valence-electron chi connectivity index (χ3n) is 3.92. The fourth-order valence-corrected chi connectivity index (χ4v) is 3.12. The summed E-state index contributed by atoms with van der Waals surface area (Å²) in [4.78, 5) is 14.7. The summed E-state index contributed by atoms with van der Waals surface area (Å²) in [5.74, 6) is -3.29. The number of nitrogens with one attached hydrogen (secondary N) is 2. The Morgan fingerprint density at radius 2 is 1.85 bits per heavy atom. The highest BCUT2D eigenvalue weighted by Crippen LogP contribution is 2.42. The predicted molar refractivity (Wildman–Crippen MR) is 101 cm³/mol. The first-order valence-electron chi connectivity index (χ1n) is 7.84.